The van der Waals surface area contributed by atoms with Gasteiger partial charge in [0.2, 0.25) is 0 Å². The van der Waals surface area contributed by atoms with E-state index in [1.54, 1.807) is 35.2 Å². The van der Waals surface area contributed by atoms with E-state index in [4.69, 9.17) is 0 Å². The highest BCUT2D eigenvalue weighted by Crippen LogP contribution is 2.64. The molecule has 0 radical (unpaired) electrons. The lowest BCUT2D eigenvalue weighted by Gasteiger charge is -2.16. The van der Waals surface area contributed by atoms with Gasteiger partial charge in [-0.05, 0) is 72.8 Å². The number of thiophene rings is 1. The highest BCUT2D eigenvalue weighted by molar-refractivity contribution is 7.99. The molecule has 2 atom stereocenters. The molecule has 1 aromatic carbocycles. The number of benzene rings is 1. The summed E-state index contributed by atoms with van der Waals surface area (Å²) >= 11 is 3.41. The Morgan fingerprint density at radius 3 is 2.72 bits per heavy atom. The van der Waals surface area contributed by atoms with Crippen LogP contribution < -0.4 is 0 Å². The quantitative estimate of drug-likeness (QED) is 0.312. The molecule has 9 heteroatoms. The standard InChI is InChI=1S/C23H25F3N4S2/c1-29-20(19-4-2-12-31-19)27-28-21(29)32-13-3-10-30-11-9-22(15-30)14-18(22)16-5-7-17(8-6-16)23(24,25)26/h2,4-8,12,18H,3,9-11,13-15H2,1H3/t18-,22+/m0/s1. The molecule has 2 aliphatic rings. The average Bonchev–Trinajstić information content (AvgIpc) is 3.16. The van der Waals surface area contributed by atoms with Crippen LogP contribution in [0.3, 0.4) is 0 Å². The molecule has 32 heavy (non-hydrogen) atoms. The van der Waals surface area contributed by atoms with Gasteiger partial charge in [-0.2, -0.15) is 13.2 Å². The molecule has 1 spiro atoms. The molecule has 0 unspecified atom stereocenters. The van der Waals surface area contributed by atoms with Crippen LogP contribution >= 0.6 is 23.1 Å². The first-order valence-corrected chi connectivity index (χ1v) is 12.7. The van der Waals surface area contributed by atoms with Crippen LogP contribution in [0.15, 0.2) is 46.9 Å². The third kappa shape index (κ3) is 4.34. The van der Waals surface area contributed by atoms with Crippen molar-refractivity contribution in [2.45, 2.75) is 36.5 Å². The summed E-state index contributed by atoms with van der Waals surface area (Å²) in [5.41, 5.74) is 0.762. The topological polar surface area (TPSA) is 34.0 Å². The highest BCUT2D eigenvalue weighted by Gasteiger charge is 2.57. The molecular formula is C23H25F3N4S2. The van der Waals surface area contributed by atoms with Gasteiger partial charge in [-0.25, -0.2) is 0 Å². The van der Waals surface area contributed by atoms with Crippen molar-refractivity contribution in [3.8, 4) is 10.7 Å². The van der Waals surface area contributed by atoms with Gasteiger partial charge in [0.05, 0.1) is 10.4 Å². The number of aromatic nitrogens is 3. The fraction of sp³-hybridized carbons (Fsp3) is 0.478. The summed E-state index contributed by atoms with van der Waals surface area (Å²) in [5.74, 6) is 2.30. The first-order valence-electron chi connectivity index (χ1n) is 10.8. The Kier molecular flexibility index (Phi) is 5.84. The maximum Gasteiger partial charge on any atom is 0.416 e. The van der Waals surface area contributed by atoms with E-state index >= 15 is 0 Å². The van der Waals surface area contributed by atoms with Crippen molar-refractivity contribution >= 4 is 23.1 Å². The lowest BCUT2D eigenvalue weighted by Crippen LogP contribution is -2.23. The zero-order valence-electron chi connectivity index (χ0n) is 17.8. The van der Waals surface area contributed by atoms with Crippen LogP contribution in [0, 0.1) is 5.41 Å². The summed E-state index contributed by atoms with van der Waals surface area (Å²) in [6.07, 6.45) is -0.960. The number of thioether (sulfide) groups is 1. The lowest BCUT2D eigenvalue weighted by atomic mass is 9.97. The summed E-state index contributed by atoms with van der Waals surface area (Å²) in [5, 5.41) is 11.6. The molecule has 0 amide bonds. The summed E-state index contributed by atoms with van der Waals surface area (Å²) in [6, 6.07) is 9.87. The van der Waals surface area contributed by atoms with E-state index in [9.17, 15) is 13.2 Å². The second-order valence-electron chi connectivity index (χ2n) is 8.81. The van der Waals surface area contributed by atoms with Crippen LogP contribution in [0.5, 0.6) is 0 Å². The molecule has 1 aliphatic heterocycles. The predicted molar refractivity (Wildman–Crippen MR) is 122 cm³/mol. The lowest BCUT2D eigenvalue weighted by molar-refractivity contribution is -0.137. The van der Waals surface area contributed by atoms with Gasteiger partial charge in [0, 0.05) is 19.3 Å². The van der Waals surface area contributed by atoms with Crippen molar-refractivity contribution in [3.05, 3.63) is 52.9 Å². The van der Waals surface area contributed by atoms with Crippen LogP contribution in [0.2, 0.25) is 0 Å². The number of likely N-dealkylation sites (tertiary alicyclic amines) is 1. The third-order valence-corrected chi connectivity index (χ3v) is 8.69. The Hall–Kier alpha value is -1.84. The summed E-state index contributed by atoms with van der Waals surface area (Å²) in [6.45, 7) is 3.17. The molecule has 1 aliphatic carbocycles. The number of rotatable bonds is 7. The van der Waals surface area contributed by atoms with Crippen LogP contribution in [0.1, 0.15) is 36.3 Å². The molecule has 3 aromatic rings. The Labute approximate surface area is 193 Å². The number of halogens is 3. The minimum absolute atomic E-state index is 0.270. The van der Waals surface area contributed by atoms with Gasteiger partial charge in [-0.3, -0.25) is 0 Å². The summed E-state index contributed by atoms with van der Waals surface area (Å²) in [7, 11) is 2.01. The fourth-order valence-electron chi connectivity index (χ4n) is 4.86. The number of nitrogens with zero attached hydrogens (tertiary/aromatic N) is 4. The second kappa shape index (κ2) is 8.50. The van der Waals surface area contributed by atoms with E-state index in [0.29, 0.717) is 5.92 Å². The van der Waals surface area contributed by atoms with Crippen molar-refractivity contribution in [2.75, 3.05) is 25.4 Å². The molecule has 170 valence electrons. The maximum atomic E-state index is 12.8. The largest absolute Gasteiger partial charge is 0.416 e. The van der Waals surface area contributed by atoms with E-state index in [1.165, 1.54) is 12.1 Å². The van der Waals surface area contributed by atoms with Crippen molar-refractivity contribution in [1.82, 2.24) is 19.7 Å². The predicted octanol–water partition coefficient (Wildman–Crippen LogP) is 5.92. The molecule has 1 saturated heterocycles. The Morgan fingerprint density at radius 2 is 2.00 bits per heavy atom. The minimum atomic E-state index is -4.27. The number of alkyl halides is 3. The van der Waals surface area contributed by atoms with Crippen molar-refractivity contribution in [3.63, 3.8) is 0 Å². The third-order valence-electron chi connectivity index (χ3n) is 6.72. The van der Waals surface area contributed by atoms with Crippen LogP contribution in [-0.2, 0) is 13.2 Å². The molecule has 5 rings (SSSR count). The van der Waals surface area contributed by atoms with Crippen molar-refractivity contribution in [1.29, 1.82) is 0 Å². The van der Waals surface area contributed by atoms with Gasteiger partial charge in [0.1, 0.15) is 0 Å². The zero-order valence-corrected chi connectivity index (χ0v) is 19.4. The first kappa shape index (κ1) is 22.0. The number of hydrogen-bond acceptors (Lipinski definition) is 5. The van der Waals surface area contributed by atoms with E-state index in [0.717, 1.165) is 66.1 Å². The van der Waals surface area contributed by atoms with Gasteiger partial charge >= 0.3 is 6.18 Å². The Morgan fingerprint density at radius 1 is 1.19 bits per heavy atom. The van der Waals surface area contributed by atoms with Gasteiger partial charge in [0.15, 0.2) is 11.0 Å². The van der Waals surface area contributed by atoms with E-state index in [-0.39, 0.29) is 5.41 Å². The zero-order chi connectivity index (χ0) is 22.3. The highest BCUT2D eigenvalue weighted by atomic mass is 32.2. The maximum absolute atomic E-state index is 12.8. The summed E-state index contributed by atoms with van der Waals surface area (Å²) in [4.78, 5) is 3.64. The first-order chi connectivity index (χ1) is 15.4. The Balaban J connectivity index is 1.08. The molecule has 2 fully saturated rings. The smallest absolute Gasteiger partial charge is 0.305 e. The van der Waals surface area contributed by atoms with Gasteiger partial charge in [0.25, 0.3) is 0 Å². The molecule has 1 saturated carbocycles. The molecule has 0 bridgehead atoms. The monoisotopic (exact) mass is 478 g/mol. The Bertz CT molecular complexity index is 1060. The SMILES string of the molecule is Cn1c(SCCCN2CC[C@@]3(C[C@H]3c3ccc(C(F)(F)F)cc3)C2)nnc1-c1cccs1. The normalized spacial score (nSPS) is 23.3. The van der Waals surface area contributed by atoms with Crippen LogP contribution in [0.4, 0.5) is 13.2 Å². The average molecular weight is 479 g/mol. The van der Waals surface area contributed by atoms with Crippen molar-refractivity contribution < 1.29 is 13.2 Å². The fourth-order valence-corrected chi connectivity index (χ4v) is 6.44. The van der Waals surface area contributed by atoms with E-state index in [1.807, 2.05) is 18.5 Å². The summed E-state index contributed by atoms with van der Waals surface area (Å²) < 4.78 is 40.5. The van der Waals surface area contributed by atoms with Crippen LogP contribution in [0.25, 0.3) is 10.7 Å². The van der Waals surface area contributed by atoms with Gasteiger partial charge in [-0.15, -0.1) is 21.5 Å². The molecule has 0 N–H and O–H groups in total. The molecular weight excluding hydrogens is 453 g/mol. The van der Waals surface area contributed by atoms with E-state index < -0.39 is 11.7 Å². The molecule has 2 aromatic heterocycles. The minimum Gasteiger partial charge on any atom is -0.305 e. The van der Waals surface area contributed by atoms with Crippen LogP contribution in [-0.4, -0.2) is 45.1 Å². The number of hydrogen-bond donors (Lipinski definition) is 0. The van der Waals surface area contributed by atoms with Gasteiger partial charge < -0.3 is 9.47 Å². The molecule has 3 heterocycles. The van der Waals surface area contributed by atoms with Crippen molar-refractivity contribution in [2.24, 2.45) is 12.5 Å². The molecule has 4 nitrogen and oxygen atoms in total. The van der Waals surface area contributed by atoms with Gasteiger partial charge in [-0.1, -0.05) is 30.0 Å². The van der Waals surface area contributed by atoms with E-state index in [2.05, 4.69) is 25.7 Å². The second-order valence-corrected chi connectivity index (χ2v) is 10.8.